The summed E-state index contributed by atoms with van der Waals surface area (Å²) < 4.78 is 36.9. The van der Waals surface area contributed by atoms with Crippen molar-refractivity contribution in [2.45, 2.75) is 65.5 Å². The lowest BCUT2D eigenvalue weighted by atomic mass is 9.77. The maximum Gasteiger partial charge on any atom is 0.416 e. The van der Waals surface area contributed by atoms with Crippen LogP contribution in [0, 0.1) is 11.8 Å². The fourth-order valence-electron chi connectivity index (χ4n) is 3.83. The quantitative estimate of drug-likeness (QED) is 0.515. The van der Waals surface area contributed by atoms with Gasteiger partial charge in [0.25, 0.3) is 0 Å². The van der Waals surface area contributed by atoms with E-state index in [0.29, 0.717) is 12.3 Å². The number of aryl methyl sites for hydroxylation is 1. The molecule has 0 aromatic heterocycles. The number of hydrogen-bond donors (Lipinski definition) is 0. The first-order chi connectivity index (χ1) is 12.7. The third-order valence-corrected chi connectivity index (χ3v) is 5.12. The molecular weight excluding hydrogens is 345 g/mol. The monoisotopic (exact) mass is 376 g/mol. The van der Waals surface area contributed by atoms with Crippen LogP contribution in [0.2, 0.25) is 0 Å². The molecule has 0 aliphatic heterocycles. The van der Waals surface area contributed by atoms with Gasteiger partial charge in [-0.3, -0.25) is 0 Å². The molecule has 0 nitrogen and oxygen atoms in total. The average molecular weight is 377 g/mol. The summed E-state index contributed by atoms with van der Waals surface area (Å²) in [5.41, 5.74) is 3.39. The first kappa shape index (κ1) is 21.5. The average Bonchev–Trinajstić information content (AvgIpc) is 2.60. The lowest BCUT2D eigenvalue weighted by Gasteiger charge is -2.28. The second-order valence-electron chi connectivity index (χ2n) is 8.24. The number of fused-ring (bicyclic) bond motifs is 1. The van der Waals surface area contributed by atoms with E-state index in [-0.39, 0.29) is 0 Å². The lowest BCUT2D eigenvalue weighted by Crippen LogP contribution is -2.14. The first-order valence-electron chi connectivity index (χ1n) is 9.92. The minimum Gasteiger partial charge on any atom is -0.166 e. The highest BCUT2D eigenvalue weighted by Crippen LogP contribution is 2.36. The molecule has 2 aromatic rings. The summed E-state index contributed by atoms with van der Waals surface area (Å²) in [6.45, 7) is 8.65. The van der Waals surface area contributed by atoms with Gasteiger partial charge >= 0.3 is 6.18 Å². The molecule has 1 aliphatic carbocycles. The van der Waals surface area contributed by atoms with Gasteiger partial charge in [0, 0.05) is 0 Å². The van der Waals surface area contributed by atoms with Crippen LogP contribution in [0.1, 0.15) is 68.7 Å². The highest BCUT2D eigenvalue weighted by Gasteiger charge is 2.30. The van der Waals surface area contributed by atoms with Crippen LogP contribution >= 0.6 is 0 Å². The number of halogens is 3. The van der Waals surface area contributed by atoms with Gasteiger partial charge in [-0.15, -0.1) is 0 Å². The summed E-state index contributed by atoms with van der Waals surface area (Å²) in [6, 6.07) is 14.5. The Labute approximate surface area is 161 Å². The molecule has 2 aromatic carbocycles. The Kier molecular flexibility index (Phi) is 7.52. The van der Waals surface area contributed by atoms with Gasteiger partial charge in [-0.05, 0) is 66.2 Å². The molecule has 1 aliphatic rings. The molecule has 0 fully saturated rings. The highest BCUT2D eigenvalue weighted by atomic mass is 19.4. The van der Waals surface area contributed by atoms with Crippen molar-refractivity contribution in [2.24, 2.45) is 11.8 Å². The van der Waals surface area contributed by atoms with Gasteiger partial charge in [-0.1, -0.05) is 70.2 Å². The third kappa shape index (κ3) is 6.41. The van der Waals surface area contributed by atoms with Gasteiger partial charge in [0.05, 0.1) is 5.56 Å². The standard InChI is InChI=1S/C13H18.C11H13F3/c1-10(2)12-9-5-7-11-6-3-4-8-13(11)12;1-8(2)6-9-4-3-5-10(7-9)11(12,13)14/h3-4,6,8,10,12H,5,7,9H2,1-2H3;3-5,7-8H,6H2,1-2H3. The minimum absolute atomic E-state index is 0.374. The van der Waals surface area contributed by atoms with Gasteiger partial charge in [-0.25, -0.2) is 0 Å². The SMILES string of the molecule is CC(C)C1CCCc2ccccc21.CC(C)Cc1cccc(C(F)(F)F)c1. The van der Waals surface area contributed by atoms with Gasteiger partial charge in [0.1, 0.15) is 0 Å². The van der Waals surface area contributed by atoms with Crippen LogP contribution in [0.15, 0.2) is 48.5 Å². The second-order valence-corrected chi connectivity index (χ2v) is 8.24. The lowest BCUT2D eigenvalue weighted by molar-refractivity contribution is -0.137. The van der Waals surface area contributed by atoms with Crippen molar-refractivity contribution in [3.05, 3.63) is 70.8 Å². The topological polar surface area (TPSA) is 0 Å². The highest BCUT2D eigenvalue weighted by molar-refractivity contribution is 5.32. The fourth-order valence-corrected chi connectivity index (χ4v) is 3.83. The molecule has 27 heavy (non-hydrogen) atoms. The van der Waals surface area contributed by atoms with E-state index < -0.39 is 11.7 Å². The van der Waals surface area contributed by atoms with Gasteiger partial charge in [0.15, 0.2) is 0 Å². The zero-order chi connectivity index (χ0) is 20.0. The van der Waals surface area contributed by atoms with Crippen LogP contribution in [0.5, 0.6) is 0 Å². The Bertz CT molecular complexity index is 714. The molecule has 0 N–H and O–H groups in total. The summed E-state index contributed by atoms with van der Waals surface area (Å²) in [5.74, 6) is 1.98. The van der Waals surface area contributed by atoms with E-state index in [1.165, 1.54) is 31.4 Å². The van der Waals surface area contributed by atoms with E-state index in [1.54, 1.807) is 17.2 Å². The van der Waals surface area contributed by atoms with E-state index in [9.17, 15) is 13.2 Å². The van der Waals surface area contributed by atoms with Crippen molar-refractivity contribution >= 4 is 0 Å². The Morgan fingerprint density at radius 3 is 2.30 bits per heavy atom. The second kappa shape index (κ2) is 9.43. The van der Waals surface area contributed by atoms with Crippen LogP contribution in [-0.4, -0.2) is 0 Å². The van der Waals surface area contributed by atoms with E-state index in [2.05, 4.69) is 38.1 Å². The molecule has 3 heteroatoms. The molecule has 0 radical (unpaired) electrons. The van der Waals surface area contributed by atoms with Crippen LogP contribution in [0.4, 0.5) is 13.2 Å². The third-order valence-electron chi connectivity index (χ3n) is 5.12. The molecule has 0 heterocycles. The molecule has 0 saturated heterocycles. The Morgan fingerprint density at radius 1 is 0.963 bits per heavy atom. The zero-order valence-electron chi connectivity index (χ0n) is 16.8. The van der Waals surface area contributed by atoms with Crippen LogP contribution < -0.4 is 0 Å². The fraction of sp³-hybridized carbons (Fsp3) is 0.500. The first-order valence-corrected chi connectivity index (χ1v) is 9.92. The molecule has 1 atom stereocenters. The van der Waals surface area contributed by atoms with E-state index in [0.717, 1.165) is 23.5 Å². The van der Waals surface area contributed by atoms with E-state index in [4.69, 9.17) is 0 Å². The molecule has 0 saturated carbocycles. The Balaban J connectivity index is 0.000000194. The van der Waals surface area contributed by atoms with Crippen molar-refractivity contribution in [3.63, 3.8) is 0 Å². The number of rotatable bonds is 3. The van der Waals surface area contributed by atoms with Crippen LogP contribution in [-0.2, 0) is 19.0 Å². The summed E-state index contributed by atoms with van der Waals surface area (Å²) in [7, 11) is 0. The molecular formula is C24H31F3. The molecule has 148 valence electrons. The molecule has 0 spiro atoms. The van der Waals surface area contributed by atoms with Gasteiger partial charge in [0.2, 0.25) is 0 Å². The summed E-state index contributed by atoms with van der Waals surface area (Å²) in [6.07, 6.45) is 0.505. The van der Waals surface area contributed by atoms with E-state index in [1.807, 2.05) is 13.8 Å². The van der Waals surface area contributed by atoms with Crippen molar-refractivity contribution in [1.29, 1.82) is 0 Å². The summed E-state index contributed by atoms with van der Waals surface area (Å²) in [4.78, 5) is 0. The Hall–Kier alpha value is -1.77. The Morgan fingerprint density at radius 2 is 1.67 bits per heavy atom. The molecule has 0 amide bonds. The van der Waals surface area contributed by atoms with Crippen molar-refractivity contribution in [3.8, 4) is 0 Å². The van der Waals surface area contributed by atoms with Gasteiger partial charge in [-0.2, -0.15) is 13.2 Å². The van der Waals surface area contributed by atoms with E-state index >= 15 is 0 Å². The maximum atomic E-state index is 12.3. The summed E-state index contributed by atoms with van der Waals surface area (Å²) >= 11 is 0. The predicted molar refractivity (Wildman–Crippen MR) is 107 cm³/mol. The number of alkyl halides is 3. The smallest absolute Gasteiger partial charge is 0.166 e. The number of benzene rings is 2. The zero-order valence-corrected chi connectivity index (χ0v) is 16.8. The minimum atomic E-state index is -4.23. The predicted octanol–water partition coefficient (Wildman–Crippen LogP) is 7.67. The maximum absolute atomic E-state index is 12.3. The molecule has 1 unspecified atom stereocenters. The largest absolute Gasteiger partial charge is 0.416 e. The van der Waals surface area contributed by atoms with Crippen LogP contribution in [0.25, 0.3) is 0 Å². The number of hydrogen-bond acceptors (Lipinski definition) is 0. The molecule has 0 bridgehead atoms. The molecule has 3 rings (SSSR count). The normalized spacial score (nSPS) is 16.7. The van der Waals surface area contributed by atoms with Gasteiger partial charge < -0.3 is 0 Å². The van der Waals surface area contributed by atoms with Crippen molar-refractivity contribution in [2.75, 3.05) is 0 Å². The van der Waals surface area contributed by atoms with Crippen molar-refractivity contribution in [1.82, 2.24) is 0 Å². The summed E-state index contributed by atoms with van der Waals surface area (Å²) in [5, 5.41) is 0. The van der Waals surface area contributed by atoms with Crippen LogP contribution in [0.3, 0.4) is 0 Å². The van der Waals surface area contributed by atoms with Crippen molar-refractivity contribution < 1.29 is 13.2 Å².